The molecule has 3 fully saturated rings. The number of phenolic OH excluding ortho intramolecular Hbond substituents is 1. The number of nitrogens with zero attached hydrogens (tertiary/aromatic N) is 2. The second-order valence-electron chi connectivity index (χ2n) is 12.5. The monoisotopic (exact) mass is 750 g/mol. The van der Waals surface area contributed by atoms with E-state index < -0.39 is 110 Å². The highest BCUT2D eigenvalue weighted by molar-refractivity contribution is 6.58. The first kappa shape index (κ1) is 34.4. The zero-order valence-electron chi connectivity index (χ0n) is 25.7. The molecule has 2 N–H and O–H groups in total. The molecule has 2 aliphatic carbocycles. The van der Waals surface area contributed by atoms with Crippen LogP contribution in [0.3, 0.4) is 0 Å². The van der Waals surface area contributed by atoms with E-state index in [2.05, 4.69) is 0 Å². The Morgan fingerprint density at radius 3 is 2.14 bits per heavy atom. The predicted octanol–water partition coefficient (Wildman–Crippen LogP) is 5.56. The quantitative estimate of drug-likeness (QED) is 0.0863. The smallest absolute Gasteiger partial charge is 0.335 e. The van der Waals surface area contributed by atoms with Gasteiger partial charge in [0.15, 0.2) is 33.0 Å². The van der Waals surface area contributed by atoms with Crippen LogP contribution >= 0.6 is 23.2 Å². The van der Waals surface area contributed by atoms with E-state index in [-0.39, 0.29) is 39.5 Å². The molecule has 17 heteroatoms. The van der Waals surface area contributed by atoms with Gasteiger partial charge >= 0.3 is 5.97 Å². The van der Waals surface area contributed by atoms with E-state index in [1.54, 1.807) is 0 Å². The molecule has 0 unspecified atom stereocenters. The number of allylic oxidation sites excluding steroid dienone is 2. The molecule has 0 spiro atoms. The van der Waals surface area contributed by atoms with Crippen LogP contribution in [0.25, 0.3) is 0 Å². The Kier molecular flexibility index (Phi) is 7.76. The number of ether oxygens (including phenoxy) is 1. The van der Waals surface area contributed by atoms with E-state index in [0.29, 0.717) is 0 Å². The largest absolute Gasteiger partial charge is 0.508 e. The minimum Gasteiger partial charge on any atom is -0.508 e. The lowest BCUT2D eigenvalue weighted by atomic mass is 9.56. The summed E-state index contributed by atoms with van der Waals surface area (Å²) in [6.45, 7) is 0. The van der Waals surface area contributed by atoms with Crippen molar-refractivity contribution in [3.05, 3.63) is 94.3 Å². The van der Waals surface area contributed by atoms with Crippen LogP contribution in [0, 0.1) is 46.8 Å². The number of carbonyl (C=O) groups is 5. The lowest BCUT2D eigenvalue weighted by Crippen LogP contribution is -2.60. The van der Waals surface area contributed by atoms with Crippen molar-refractivity contribution in [1.29, 1.82) is 0 Å². The average molecular weight is 751 g/mol. The Labute approximate surface area is 293 Å². The number of aromatic hydroxyl groups is 1. The zero-order valence-corrected chi connectivity index (χ0v) is 27.2. The molecule has 264 valence electrons. The summed E-state index contributed by atoms with van der Waals surface area (Å²) in [5, 5.41) is 20.6. The van der Waals surface area contributed by atoms with Gasteiger partial charge in [-0.3, -0.25) is 24.1 Å². The van der Waals surface area contributed by atoms with Crippen LogP contribution in [0.1, 0.15) is 34.7 Å². The SMILES string of the molecule is COc1ccc(O)c([C@H]2C3=CC[C@@H]4C(=O)N(c5cccc(C(=O)O)c5)C(=O)[C@@H]4[C@@H]3C[C@@]3(Cl)C(=O)N(c4c(F)c(F)c(F)c(F)c4F)C(=O)[C@@]23Cl)c1. The van der Waals surface area contributed by atoms with Crippen molar-refractivity contribution >= 4 is 64.2 Å². The molecule has 3 aromatic rings. The molecule has 10 nitrogen and oxygen atoms in total. The van der Waals surface area contributed by atoms with E-state index in [1.807, 2.05) is 0 Å². The van der Waals surface area contributed by atoms with E-state index in [9.17, 15) is 47.4 Å². The number of anilines is 2. The number of halogens is 7. The number of hydrogen-bond acceptors (Lipinski definition) is 7. The fourth-order valence-electron chi connectivity index (χ4n) is 7.84. The molecule has 1 saturated carbocycles. The van der Waals surface area contributed by atoms with Gasteiger partial charge in [-0.2, -0.15) is 0 Å². The minimum atomic E-state index is -2.84. The van der Waals surface area contributed by atoms with Crippen molar-refractivity contribution in [2.45, 2.75) is 28.5 Å². The Balaban J connectivity index is 1.44. The highest BCUT2D eigenvalue weighted by Crippen LogP contribution is 2.67. The van der Waals surface area contributed by atoms with E-state index >= 15 is 8.78 Å². The summed E-state index contributed by atoms with van der Waals surface area (Å²) in [4.78, 5) is 63.1. The molecule has 2 heterocycles. The highest BCUT2D eigenvalue weighted by atomic mass is 35.5. The van der Waals surface area contributed by atoms with Gasteiger partial charge in [-0.1, -0.05) is 17.7 Å². The molecular formula is C34H21Cl2F5N2O8. The van der Waals surface area contributed by atoms with Gasteiger partial charge < -0.3 is 14.9 Å². The van der Waals surface area contributed by atoms with Crippen LogP contribution < -0.4 is 14.5 Å². The third-order valence-corrected chi connectivity index (χ3v) is 11.5. The van der Waals surface area contributed by atoms with Gasteiger partial charge in [0, 0.05) is 11.5 Å². The number of carboxylic acid groups (broad SMARTS) is 1. The molecule has 2 saturated heterocycles. The van der Waals surface area contributed by atoms with Crippen molar-refractivity contribution in [1.82, 2.24) is 0 Å². The molecule has 4 amide bonds. The van der Waals surface area contributed by atoms with Gasteiger partial charge in [0.1, 0.15) is 17.2 Å². The summed E-state index contributed by atoms with van der Waals surface area (Å²) >= 11 is 14.2. The average Bonchev–Trinajstić information content (AvgIpc) is 3.45. The number of aromatic carboxylic acids is 1. The number of hydrogen-bond donors (Lipinski definition) is 2. The van der Waals surface area contributed by atoms with Crippen molar-refractivity contribution in [2.24, 2.45) is 17.8 Å². The summed E-state index contributed by atoms with van der Waals surface area (Å²) < 4.78 is 78.6. The summed E-state index contributed by atoms with van der Waals surface area (Å²) in [6.07, 6.45) is 0.533. The second-order valence-corrected chi connectivity index (χ2v) is 13.7. The molecule has 7 rings (SSSR count). The lowest BCUT2D eigenvalue weighted by Gasteiger charge is -2.50. The maximum Gasteiger partial charge on any atom is 0.335 e. The number of rotatable bonds is 5. The van der Waals surface area contributed by atoms with Gasteiger partial charge in [0.25, 0.3) is 11.8 Å². The first-order chi connectivity index (χ1) is 24.0. The van der Waals surface area contributed by atoms with Gasteiger partial charge in [0.2, 0.25) is 17.6 Å². The third kappa shape index (κ3) is 4.43. The summed E-state index contributed by atoms with van der Waals surface area (Å²) in [6, 6.07) is 8.69. The van der Waals surface area contributed by atoms with Crippen molar-refractivity contribution in [3.63, 3.8) is 0 Å². The number of imide groups is 2. The van der Waals surface area contributed by atoms with Crippen LogP contribution in [0.2, 0.25) is 0 Å². The molecule has 0 bridgehead atoms. The summed E-state index contributed by atoms with van der Waals surface area (Å²) in [5.74, 6) is -24.7. The lowest BCUT2D eigenvalue weighted by molar-refractivity contribution is -0.125. The Morgan fingerprint density at radius 1 is 0.863 bits per heavy atom. The standard InChI is InChI=1S/C34H21Cl2F5N2O8/c1-51-14-5-8-19(44)17(10-14)21-15-6-7-16-20(29(46)42(28(16)45)13-4-2-3-12(9-13)30(47)48)18(15)11-33(35)31(49)43(32(50)34(21,33)36)27-25(40)23(38)22(37)24(39)26(27)41/h2-6,8-10,16,18,20-21,44H,7,11H2,1H3,(H,47,48)/t16-,18+,20-,21+,33+,34-/m0/s1. The number of fused-ring (bicyclic) bond motifs is 4. The van der Waals surface area contributed by atoms with Crippen molar-refractivity contribution < 1.29 is 60.9 Å². The topological polar surface area (TPSA) is 142 Å². The normalized spacial score (nSPS) is 28.4. The van der Waals surface area contributed by atoms with Gasteiger partial charge in [-0.25, -0.2) is 31.6 Å². The third-order valence-electron chi connectivity index (χ3n) is 10.1. The number of amides is 4. The van der Waals surface area contributed by atoms with Crippen LogP contribution in [0.5, 0.6) is 11.5 Å². The fourth-order valence-corrected chi connectivity index (χ4v) is 8.76. The first-order valence-corrected chi connectivity index (χ1v) is 15.8. The molecule has 6 atom stereocenters. The maximum atomic E-state index is 15.2. The Morgan fingerprint density at radius 2 is 1.51 bits per heavy atom. The van der Waals surface area contributed by atoms with E-state index in [1.165, 1.54) is 43.5 Å². The highest BCUT2D eigenvalue weighted by Gasteiger charge is 2.77. The summed E-state index contributed by atoms with van der Waals surface area (Å²) in [5.41, 5.74) is -2.35. The van der Waals surface area contributed by atoms with E-state index in [4.69, 9.17) is 27.9 Å². The number of benzene rings is 3. The Bertz CT molecular complexity index is 2150. The zero-order chi connectivity index (χ0) is 37.1. The van der Waals surface area contributed by atoms with Crippen molar-refractivity contribution in [2.75, 3.05) is 16.9 Å². The Hall–Kier alpha value is -5.02. The van der Waals surface area contributed by atoms with E-state index in [0.717, 1.165) is 17.0 Å². The van der Waals surface area contributed by atoms with Crippen LogP contribution in [-0.2, 0) is 19.2 Å². The molecule has 4 aliphatic rings. The molecule has 2 aliphatic heterocycles. The fraction of sp³-hybridized carbons (Fsp3) is 0.265. The minimum absolute atomic E-state index is 0.0736. The van der Waals surface area contributed by atoms with Crippen LogP contribution in [0.15, 0.2) is 54.1 Å². The van der Waals surface area contributed by atoms with Gasteiger partial charge in [0.05, 0.1) is 30.2 Å². The first-order valence-electron chi connectivity index (χ1n) is 15.1. The van der Waals surface area contributed by atoms with Crippen molar-refractivity contribution in [3.8, 4) is 11.5 Å². The van der Waals surface area contributed by atoms with Gasteiger partial charge in [-0.05, 0) is 55.2 Å². The molecule has 0 radical (unpaired) electrons. The molecule has 0 aromatic heterocycles. The number of phenols is 1. The maximum absolute atomic E-state index is 15.2. The number of alkyl halides is 2. The summed E-state index contributed by atoms with van der Waals surface area (Å²) in [7, 11) is 1.26. The molecule has 3 aromatic carbocycles. The number of methoxy groups -OCH3 is 1. The van der Waals surface area contributed by atoms with Gasteiger partial charge in [-0.15, -0.1) is 23.2 Å². The molecule has 51 heavy (non-hydrogen) atoms. The predicted molar refractivity (Wildman–Crippen MR) is 167 cm³/mol. The second kappa shape index (κ2) is 11.5. The van der Waals surface area contributed by atoms with Crippen LogP contribution in [0.4, 0.5) is 33.3 Å². The van der Waals surface area contributed by atoms with Crippen LogP contribution in [-0.4, -0.2) is 56.7 Å². The number of carboxylic acids is 1. The number of carbonyl (C=O) groups excluding carboxylic acids is 4. The molecular weight excluding hydrogens is 730 g/mol.